The summed E-state index contributed by atoms with van der Waals surface area (Å²) in [7, 11) is 0. The van der Waals surface area contributed by atoms with Crippen LogP contribution in [-0.4, -0.2) is 29.3 Å². The Balaban J connectivity index is 2.35. The summed E-state index contributed by atoms with van der Waals surface area (Å²) in [6.45, 7) is 2.03. The maximum Gasteiger partial charge on any atom is 0.308 e. The number of carbonyl (C=O) groups is 1. The molecule has 0 unspecified atom stereocenters. The van der Waals surface area contributed by atoms with Crippen LogP contribution in [0, 0.1) is 0 Å². The first-order valence-corrected chi connectivity index (χ1v) is 4.96. The standard InChI is InChI=1S/C9H15N3O3/c1-9(14)5-7(15-8(13)6-9)3-2-4-11-12-10/h7,14H,2-6H2,1H3/t7-,9+/m0/s1. The van der Waals surface area contributed by atoms with Gasteiger partial charge < -0.3 is 9.84 Å². The van der Waals surface area contributed by atoms with E-state index in [9.17, 15) is 9.90 Å². The van der Waals surface area contributed by atoms with E-state index >= 15 is 0 Å². The Labute approximate surface area is 87.9 Å². The topological polar surface area (TPSA) is 95.3 Å². The SMILES string of the molecule is C[C@]1(O)CC(=O)O[C@@H](CCCN=[N+]=[N-])C1. The second kappa shape index (κ2) is 5.00. The van der Waals surface area contributed by atoms with Crippen molar-refractivity contribution in [2.75, 3.05) is 6.54 Å². The smallest absolute Gasteiger partial charge is 0.308 e. The predicted molar refractivity (Wildman–Crippen MR) is 53.0 cm³/mol. The summed E-state index contributed by atoms with van der Waals surface area (Å²) in [6, 6.07) is 0. The molecule has 1 aliphatic rings. The molecular formula is C9H15N3O3. The molecule has 0 aromatic heterocycles. The van der Waals surface area contributed by atoms with E-state index < -0.39 is 5.60 Å². The number of hydrogen-bond donors (Lipinski definition) is 1. The van der Waals surface area contributed by atoms with E-state index in [1.165, 1.54) is 0 Å². The van der Waals surface area contributed by atoms with Crippen molar-refractivity contribution in [1.29, 1.82) is 0 Å². The van der Waals surface area contributed by atoms with E-state index in [0.717, 1.165) is 0 Å². The molecule has 1 fully saturated rings. The van der Waals surface area contributed by atoms with Crippen molar-refractivity contribution in [3.05, 3.63) is 10.4 Å². The molecular weight excluding hydrogens is 198 g/mol. The van der Waals surface area contributed by atoms with Crippen molar-refractivity contribution >= 4 is 5.97 Å². The molecule has 0 aromatic rings. The first kappa shape index (κ1) is 11.8. The van der Waals surface area contributed by atoms with E-state index in [2.05, 4.69) is 10.0 Å². The van der Waals surface area contributed by atoms with Gasteiger partial charge in [0.05, 0.1) is 12.0 Å². The Hall–Kier alpha value is -1.26. The lowest BCUT2D eigenvalue weighted by Gasteiger charge is -2.33. The van der Waals surface area contributed by atoms with Crippen LogP contribution < -0.4 is 0 Å². The lowest BCUT2D eigenvalue weighted by molar-refractivity contribution is -0.168. The summed E-state index contributed by atoms with van der Waals surface area (Å²) in [5.74, 6) is -0.361. The largest absolute Gasteiger partial charge is 0.462 e. The zero-order valence-corrected chi connectivity index (χ0v) is 8.72. The number of aliphatic hydroxyl groups is 1. The van der Waals surface area contributed by atoms with Crippen molar-refractivity contribution in [3.63, 3.8) is 0 Å². The van der Waals surface area contributed by atoms with E-state index in [1.807, 2.05) is 0 Å². The van der Waals surface area contributed by atoms with E-state index in [1.54, 1.807) is 6.92 Å². The normalized spacial score (nSPS) is 30.5. The molecule has 2 atom stereocenters. The minimum Gasteiger partial charge on any atom is -0.462 e. The zero-order chi connectivity index (χ0) is 11.3. The van der Waals surface area contributed by atoms with Gasteiger partial charge in [-0.2, -0.15) is 0 Å². The highest BCUT2D eigenvalue weighted by Gasteiger charge is 2.35. The van der Waals surface area contributed by atoms with Crippen LogP contribution in [0.5, 0.6) is 0 Å². The van der Waals surface area contributed by atoms with Gasteiger partial charge in [0.1, 0.15) is 6.10 Å². The summed E-state index contributed by atoms with van der Waals surface area (Å²) in [5.41, 5.74) is 7.10. The van der Waals surface area contributed by atoms with Crippen LogP contribution in [0.15, 0.2) is 5.11 Å². The van der Waals surface area contributed by atoms with Gasteiger partial charge in [-0.05, 0) is 25.3 Å². The van der Waals surface area contributed by atoms with Gasteiger partial charge in [0.25, 0.3) is 0 Å². The number of cyclic esters (lactones) is 1. The fraction of sp³-hybridized carbons (Fsp3) is 0.889. The second-order valence-electron chi connectivity index (χ2n) is 4.09. The molecule has 0 amide bonds. The lowest BCUT2D eigenvalue weighted by Crippen LogP contribution is -2.41. The van der Waals surface area contributed by atoms with E-state index in [4.69, 9.17) is 10.3 Å². The molecule has 15 heavy (non-hydrogen) atoms. The van der Waals surface area contributed by atoms with Crippen LogP contribution in [0.3, 0.4) is 0 Å². The summed E-state index contributed by atoms with van der Waals surface area (Å²) < 4.78 is 5.07. The molecule has 6 heteroatoms. The van der Waals surface area contributed by atoms with Crippen LogP contribution >= 0.6 is 0 Å². The molecule has 1 heterocycles. The van der Waals surface area contributed by atoms with Crippen molar-refractivity contribution in [3.8, 4) is 0 Å². The number of rotatable bonds is 4. The van der Waals surface area contributed by atoms with E-state index in [-0.39, 0.29) is 18.5 Å². The van der Waals surface area contributed by atoms with Gasteiger partial charge in [-0.15, -0.1) is 0 Å². The first-order chi connectivity index (χ1) is 7.03. The number of esters is 1. The molecule has 1 N–H and O–H groups in total. The third-order valence-corrected chi connectivity index (χ3v) is 2.34. The van der Waals surface area contributed by atoms with Crippen LogP contribution in [0.2, 0.25) is 0 Å². The lowest BCUT2D eigenvalue weighted by atomic mass is 9.90. The van der Waals surface area contributed by atoms with E-state index in [0.29, 0.717) is 25.8 Å². The number of carbonyl (C=O) groups excluding carboxylic acids is 1. The predicted octanol–water partition coefficient (Wildman–Crippen LogP) is 1.53. The average molecular weight is 213 g/mol. The number of hydrogen-bond acceptors (Lipinski definition) is 4. The van der Waals surface area contributed by atoms with Crippen molar-refractivity contribution < 1.29 is 14.6 Å². The molecule has 6 nitrogen and oxygen atoms in total. The highest BCUT2D eigenvalue weighted by atomic mass is 16.5. The van der Waals surface area contributed by atoms with Gasteiger partial charge >= 0.3 is 5.97 Å². The Kier molecular flexibility index (Phi) is 3.94. The van der Waals surface area contributed by atoms with Gasteiger partial charge in [-0.1, -0.05) is 5.11 Å². The Morgan fingerprint density at radius 2 is 2.53 bits per heavy atom. The molecule has 1 saturated heterocycles. The van der Waals surface area contributed by atoms with Crippen molar-refractivity contribution in [2.45, 2.75) is 44.3 Å². The Morgan fingerprint density at radius 3 is 3.13 bits per heavy atom. The minimum atomic E-state index is -0.960. The molecule has 0 saturated carbocycles. The molecule has 0 spiro atoms. The number of azide groups is 1. The molecule has 0 bridgehead atoms. The van der Waals surface area contributed by atoms with Crippen molar-refractivity contribution in [1.82, 2.24) is 0 Å². The first-order valence-electron chi connectivity index (χ1n) is 4.96. The number of nitrogens with zero attached hydrogens (tertiary/aromatic N) is 3. The van der Waals surface area contributed by atoms with Crippen LogP contribution in [0.4, 0.5) is 0 Å². The monoisotopic (exact) mass is 213 g/mol. The van der Waals surface area contributed by atoms with Gasteiger partial charge in [0, 0.05) is 17.9 Å². The third kappa shape index (κ3) is 4.18. The maximum atomic E-state index is 11.1. The van der Waals surface area contributed by atoms with Crippen LogP contribution in [-0.2, 0) is 9.53 Å². The summed E-state index contributed by atoms with van der Waals surface area (Å²) in [6.07, 6.45) is 1.54. The Morgan fingerprint density at radius 1 is 1.80 bits per heavy atom. The van der Waals surface area contributed by atoms with Crippen LogP contribution in [0.1, 0.15) is 32.6 Å². The molecule has 84 valence electrons. The highest BCUT2D eigenvalue weighted by molar-refractivity contribution is 5.71. The summed E-state index contributed by atoms with van der Waals surface area (Å²) in [4.78, 5) is 13.7. The summed E-state index contributed by atoms with van der Waals surface area (Å²) >= 11 is 0. The summed E-state index contributed by atoms with van der Waals surface area (Å²) in [5, 5.41) is 13.1. The highest BCUT2D eigenvalue weighted by Crippen LogP contribution is 2.27. The molecule has 1 aliphatic heterocycles. The van der Waals surface area contributed by atoms with Gasteiger partial charge in [0.2, 0.25) is 0 Å². The molecule has 0 aliphatic carbocycles. The van der Waals surface area contributed by atoms with Crippen LogP contribution in [0.25, 0.3) is 10.4 Å². The molecule has 1 rings (SSSR count). The second-order valence-corrected chi connectivity index (χ2v) is 4.09. The zero-order valence-electron chi connectivity index (χ0n) is 8.72. The fourth-order valence-corrected chi connectivity index (χ4v) is 1.74. The molecule has 0 aromatic carbocycles. The number of ether oxygens (including phenoxy) is 1. The quantitative estimate of drug-likeness (QED) is 0.252. The fourth-order valence-electron chi connectivity index (χ4n) is 1.74. The maximum absolute atomic E-state index is 11.1. The Bertz CT molecular complexity index is 284. The third-order valence-electron chi connectivity index (χ3n) is 2.34. The van der Waals surface area contributed by atoms with Crippen molar-refractivity contribution in [2.24, 2.45) is 5.11 Å². The van der Waals surface area contributed by atoms with Gasteiger partial charge in [0.15, 0.2) is 0 Å². The van der Waals surface area contributed by atoms with Gasteiger partial charge in [-0.25, -0.2) is 0 Å². The average Bonchev–Trinajstić information content (AvgIpc) is 2.09. The molecule has 0 radical (unpaired) electrons. The van der Waals surface area contributed by atoms with Gasteiger partial charge in [-0.3, -0.25) is 4.79 Å². The minimum absolute atomic E-state index is 0.0554.